The molecule has 0 aliphatic heterocycles. The number of rotatable bonds is 2. The van der Waals surface area contributed by atoms with Crippen LogP contribution in [0.3, 0.4) is 0 Å². The van der Waals surface area contributed by atoms with Crippen LogP contribution in [0.2, 0.25) is 0 Å². The summed E-state index contributed by atoms with van der Waals surface area (Å²) in [5.41, 5.74) is 3.32. The van der Waals surface area contributed by atoms with Crippen molar-refractivity contribution in [2.24, 2.45) is 0 Å². The predicted octanol–water partition coefficient (Wildman–Crippen LogP) is 3.71. The van der Waals surface area contributed by atoms with Crippen LogP contribution in [0.15, 0.2) is 59.0 Å². The van der Waals surface area contributed by atoms with Gasteiger partial charge in [0, 0.05) is 12.5 Å². The minimum absolute atomic E-state index is 0.562. The van der Waals surface area contributed by atoms with E-state index >= 15 is 0 Å². The average Bonchev–Trinajstić information content (AvgIpc) is 2.87. The SMILES string of the molecule is Cc1nnc(-c2ccc(-c3ccccc3)cc2)o1. The molecule has 88 valence electrons. The van der Waals surface area contributed by atoms with Crippen molar-refractivity contribution in [3.63, 3.8) is 0 Å². The number of hydrogen-bond acceptors (Lipinski definition) is 3. The molecule has 1 aromatic heterocycles. The second-order valence-electron chi connectivity index (χ2n) is 4.07. The van der Waals surface area contributed by atoms with Crippen molar-refractivity contribution in [3.8, 4) is 22.6 Å². The van der Waals surface area contributed by atoms with E-state index in [0.717, 1.165) is 5.56 Å². The molecule has 3 heteroatoms. The van der Waals surface area contributed by atoms with Crippen molar-refractivity contribution < 1.29 is 4.42 Å². The minimum atomic E-state index is 0.562. The molecule has 0 atom stereocenters. The molecule has 0 amide bonds. The maximum absolute atomic E-state index is 5.39. The molecule has 1 heterocycles. The fourth-order valence-corrected chi connectivity index (χ4v) is 1.85. The number of aryl methyl sites for hydroxylation is 1. The second-order valence-corrected chi connectivity index (χ2v) is 4.07. The third kappa shape index (κ3) is 2.02. The van der Waals surface area contributed by atoms with Gasteiger partial charge in [-0.15, -0.1) is 10.2 Å². The number of hydrogen-bond donors (Lipinski definition) is 0. The summed E-state index contributed by atoms with van der Waals surface area (Å²) in [6.07, 6.45) is 0. The Morgan fingerprint density at radius 2 is 1.33 bits per heavy atom. The van der Waals surface area contributed by atoms with Crippen molar-refractivity contribution >= 4 is 0 Å². The van der Waals surface area contributed by atoms with Gasteiger partial charge in [0.05, 0.1) is 0 Å². The van der Waals surface area contributed by atoms with Crippen LogP contribution in [0.5, 0.6) is 0 Å². The zero-order valence-electron chi connectivity index (χ0n) is 10.00. The lowest BCUT2D eigenvalue weighted by Crippen LogP contribution is -1.80. The van der Waals surface area contributed by atoms with Gasteiger partial charge in [0.1, 0.15) is 0 Å². The van der Waals surface area contributed by atoms with Crippen LogP contribution in [0.25, 0.3) is 22.6 Å². The largest absolute Gasteiger partial charge is 0.421 e. The smallest absolute Gasteiger partial charge is 0.247 e. The molecule has 3 rings (SSSR count). The van der Waals surface area contributed by atoms with E-state index in [2.05, 4.69) is 34.5 Å². The van der Waals surface area contributed by atoms with Gasteiger partial charge in [-0.1, -0.05) is 42.5 Å². The lowest BCUT2D eigenvalue weighted by molar-refractivity contribution is 0.533. The van der Waals surface area contributed by atoms with Gasteiger partial charge < -0.3 is 4.42 Å². The fraction of sp³-hybridized carbons (Fsp3) is 0.0667. The van der Waals surface area contributed by atoms with Crippen LogP contribution in [-0.2, 0) is 0 Å². The van der Waals surface area contributed by atoms with Crippen LogP contribution in [-0.4, -0.2) is 10.2 Å². The highest BCUT2D eigenvalue weighted by atomic mass is 16.4. The molecule has 0 saturated carbocycles. The third-order valence-electron chi connectivity index (χ3n) is 2.77. The predicted molar refractivity (Wildman–Crippen MR) is 69.9 cm³/mol. The summed E-state index contributed by atoms with van der Waals surface area (Å²) >= 11 is 0. The van der Waals surface area contributed by atoms with E-state index in [0.29, 0.717) is 11.8 Å². The molecular weight excluding hydrogens is 224 g/mol. The van der Waals surface area contributed by atoms with Gasteiger partial charge >= 0.3 is 0 Å². The molecule has 0 aliphatic carbocycles. The van der Waals surface area contributed by atoms with Gasteiger partial charge in [-0.25, -0.2) is 0 Å². The minimum Gasteiger partial charge on any atom is -0.421 e. The van der Waals surface area contributed by atoms with Crippen LogP contribution >= 0.6 is 0 Å². The maximum Gasteiger partial charge on any atom is 0.247 e. The van der Waals surface area contributed by atoms with Crippen LogP contribution in [0.1, 0.15) is 5.89 Å². The number of benzene rings is 2. The molecule has 0 spiro atoms. The normalized spacial score (nSPS) is 10.5. The molecule has 18 heavy (non-hydrogen) atoms. The Bertz CT molecular complexity index is 642. The summed E-state index contributed by atoms with van der Waals surface area (Å²) in [5.74, 6) is 1.14. The second kappa shape index (κ2) is 4.45. The Morgan fingerprint density at radius 3 is 1.94 bits per heavy atom. The molecule has 3 aromatic rings. The highest BCUT2D eigenvalue weighted by Crippen LogP contribution is 2.23. The van der Waals surface area contributed by atoms with Gasteiger partial charge in [0.2, 0.25) is 11.8 Å². The van der Waals surface area contributed by atoms with Crippen molar-refractivity contribution in [2.75, 3.05) is 0 Å². The van der Waals surface area contributed by atoms with Crippen molar-refractivity contribution in [1.82, 2.24) is 10.2 Å². The van der Waals surface area contributed by atoms with Crippen molar-refractivity contribution in [1.29, 1.82) is 0 Å². The standard InChI is InChI=1S/C15H12N2O/c1-11-16-17-15(18-11)14-9-7-13(8-10-14)12-5-3-2-4-6-12/h2-10H,1H3. The summed E-state index contributed by atoms with van der Waals surface area (Å²) < 4.78 is 5.39. The van der Waals surface area contributed by atoms with Gasteiger partial charge in [-0.05, 0) is 23.3 Å². The first-order chi connectivity index (χ1) is 8.83. The van der Waals surface area contributed by atoms with Gasteiger partial charge in [0.15, 0.2) is 0 Å². The van der Waals surface area contributed by atoms with E-state index < -0.39 is 0 Å². The maximum atomic E-state index is 5.39. The Kier molecular flexibility index (Phi) is 2.65. The van der Waals surface area contributed by atoms with E-state index in [1.54, 1.807) is 6.92 Å². The molecule has 0 unspecified atom stereocenters. The average molecular weight is 236 g/mol. The quantitative estimate of drug-likeness (QED) is 0.680. The van der Waals surface area contributed by atoms with E-state index in [4.69, 9.17) is 4.42 Å². The first-order valence-electron chi connectivity index (χ1n) is 5.79. The summed E-state index contributed by atoms with van der Waals surface area (Å²) in [7, 11) is 0. The Balaban J connectivity index is 1.94. The van der Waals surface area contributed by atoms with Gasteiger partial charge in [0.25, 0.3) is 0 Å². The third-order valence-corrected chi connectivity index (χ3v) is 2.77. The summed E-state index contributed by atoms with van der Waals surface area (Å²) in [5, 5.41) is 7.83. The Labute approximate surface area is 105 Å². The topological polar surface area (TPSA) is 38.9 Å². The molecule has 0 fully saturated rings. The molecular formula is C15H12N2O. The molecule has 3 nitrogen and oxygen atoms in total. The lowest BCUT2D eigenvalue weighted by Gasteiger charge is -2.01. The van der Waals surface area contributed by atoms with Crippen LogP contribution in [0, 0.1) is 6.92 Å². The van der Waals surface area contributed by atoms with E-state index in [1.165, 1.54) is 11.1 Å². The zero-order valence-corrected chi connectivity index (χ0v) is 10.00. The van der Waals surface area contributed by atoms with E-state index in [9.17, 15) is 0 Å². The first kappa shape index (κ1) is 10.7. The first-order valence-corrected chi connectivity index (χ1v) is 5.79. The number of aromatic nitrogens is 2. The molecule has 0 saturated heterocycles. The summed E-state index contributed by atoms with van der Waals surface area (Å²) in [6.45, 7) is 1.79. The molecule has 0 radical (unpaired) electrons. The molecule has 0 bridgehead atoms. The van der Waals surface area contributed by atoms with E-state index in [1.807, 2.05) is 30.3 Å². The summed E-state index contributed by atoms with van der Waals surface area (Å²) in [6, 6.07) is 18.4. The van der Waals surface area contributed by atoms with Crippen molar-refractivity contribution in [3.05, 3.63) is 60.5 Å². The van der Waals surface area contributed by atoms with Crippen molar-refractivity contribution in [2.45, 2.75) is 6.92 Å². The number of nitrogens with zero attached hydrogens (tertiary/aromatic N) is 2. The van der Waals surface area contributed by atoms with Gasteiger partial charge in [-0.3, -0.25) is 0 Å². The Morgan fingerprint density at radius 1 is 0.722 bits per heavy atom. The highest BCUT2D eigenvalue weighted by Gasteiger charge is 2.05. The monoisotopic (exact) mass is 236 g/mol. The molecule has 2 aromatic carbocycles. The van der Waals surface area contributed by atoms with Crippen LogP contribution in [0.4, 0.5) is 0 Å². The molecule has 0 aliphatic rings. The summed E-state index contributed by atoms with van der Waals surface area (Å²) in [4.78, 5) is 0. The lowest BCUT2D eigenvalue weighted by atomic mass is 10.0. The Hall–Kier alpha value is -2.42. The molecule has 0 N–H and O–H groups in total. The van der Waals surface area contributed by atoms with Gasteiger partial charge in [-0.2, -0.15) is 0 Å². The highest BCUT2D eigenvalue weighted by molar-refractivity contribution is 5.67. The fourth-order valence-electron chi connectivity index (χ4n) is 1.85. The van der Waals surface area contributed by atoms with Crippen LogP contribution < -0.4 is 0 Å². The van der Waals surface area contributed by atoms with E-state index in [-0.39, 0.29) is 0 Å². The zero-order chi connectivity index (χ0) is 12.4.